The van der Waals surface area contributed by atoms with Crippen LogP contribution in [-0.2, 0) is 17.8 Å². The van der Waals surface area contributed by atoms with Crippen molar-refractivity contribution in [3.8, 4) is 0 Å². The summed E-state index contributed by atoms with van der Waals surface area (Å²) in [5.41, 5.74) is 1.95. The summed E-state index contributed by atoms with van der Waals surface area (Å²) in [5.74, 6) is 0.595. The minimum atomic E-state index is -0.765. The van der Waals surface area contributed by atoms with Crippen molar-refractivity contribution in [1.82, 2.24) is 9.55 Å². The summed E-state index contributed by atoms with van der Waals surface area (Å²) in [6.45, 7) is 1.83. The summed E-state index contributed by atoms with van der Waals surface area (Å²) in [5, 5.41) is 12.3. The van der Waals surface area contributed by atoms with E-state index in [1.807, 2.05) is 0 Å². The second-order valence-corrected chi connectivity index (χ2v) is 4.90. The fourth-order valence-corrected chi connectivity index (χ4v) is 2.66. The van der Waals surface area contributed by atoms with E-state index in [4.69, 9.17) is 5.11 Å². The van der Waals surface area contributed by atoms with Gasteiger partial charge < -0.3 is 15.0 Å². The molecule has 5 heteroatoms. The van der Waals surface area contributed by atoms with Crippen molar-refractivity contribution in [2.75, 3.05) is 11.9 Å². The van der Waals surface area contributed by atoms with Crippen LogP contribution in [0.1, 0.15) is 43.0 Å². The van der Waals surface area contributed by atoms with Gasteiger partial charge in [-0.1, -0.05) is 6.42 Å². The minimum Gasteiger partial charge on any atom is -0.481 e. The molecule has 0 aromatic carbocycles. The summed E-state index contributed by atoms with van der Waals surface area (Å²) in [4.78, 5) is 15.6. The second kappa shape index (κ2) is 4.05. The lowest BCUT2D eigenvalue weighted by molar-refractivity contribution is -0.136. The molecule has 17 heavy (non-hydrogen) atoms. The molecule has 2 N–H and O–H groups in total. The first kappa shape index (κ1) is 10.6. The van der Waals surface area contributed by atoms with E-state index in [2.05, 4.69) is 14.9 Å². The van der Waals surface area contributed by atoms with Gasteiger partial charge in [0, 0.05) is 19.0 Å². The van der Waals surface area contributed by atoms with E-state index in [0.29, 0.717) is 5.92 Å². The van der Waals surface area contributed by atoms with Crippen LogP contribution < -0.4 is 5.32 Å². The lowest BCUT2D eigenvalue weighted by atomic mass is 9.82. The number of anilines is 1. The van der Waals surface area contributed by atoms with Gasteiger partial charge in [0.05, 0.1) is 17.8 Å². The van der Waals surface area contributed by atoms with Crippen molar-refractivity contribution in [3.63, 3.8) is 0 Å². The number of rotatable bonds is 3. The number of imidazole rings is 1. The second-order valence-electron chi connectivity index (χ2n) is 4.90. The molecular formula is C12H17N3O2. The predicted octanol–water partition coefficient (Wildman–Crippen LogP) is 1.59. The van der Waals surface area contributed by atoms with Crippen LogP contribution in [-0.4, -0.2) is 27.2 Å². The summed E-state index contributed by atoms with van der Waals surface area (Å²) < 4.78 is 2.06. The molecule has 1 aromatic rings. The maximum Gasteiger partial charge on any atom is 0.309 e. The Balaban J connectivity index is 2.00. The summed E-state index contributed by atoms with van der Waals surface area (Å²) in [6.07, 6.45) is 4.69. The molecule has 1 saturated carbocycles. The van der Waals surface area contributed by atoms with Crippen LogP contribution in [0.4, 0.5) is 5.95 Å². The molecule has 2 aliphatic rings. The molecule has 0 bridgehead atoms. The van der Waals surface area contributed by atoms with Gasteiger partial charge in [0.1, 0.15) is 0 Å². The van der Waals surface area contributed by atoms with Gasteiger partial charge in [-0.25, -0.2) is 4.98 Å². The predicted molar refractivity (Wildman–Crippen MR) is 63.3 cm³/mol. The standard InChI is InChI=1S/C12H17N3O2/c16-10(17)7-9-11(8-3-1-4-8)14-12-13-5-2-6-15(9)12/h8H,1-7H2,(H,13,14)(H,16,17). The fraction of sp³-hybridized carbons (Fsp3) is 0.667. The largest absolute Gasteiger partial charge is 0.481 e. The first-order chi connectivity index (χ1) is 8.25. The zero-order valence-corrected chi connectivity index (χ0v) is 9.78. The van der Waals surface area contributed by atoms with E-state index < -0.39 is 5.97 Å². The average Bonchev–Trinajstić information content (AvgIpc) is 2.55. The minimum absolute atomic E-state index is 0.0977. The van der Waals surface area contributed by atoms with E-state index in [0.717, 1.165) is 49.7 Å². The molecule has 0 saturated heterocycles. The number of aliphatic carboxylic acids is 1. The molecule has 1 aliphatic heterocycles. The SMILES string of the molecule is O=C(O)Cc1c(C2CCC2)nc2n1CCCN2. The normalized spacial score (nSPS) is 19.3. The molecule has 1 aliphatic carbocycles. The van der Waals surface area contributed by atoms with Crippen molar-refractivity contribution >= 4 is 11.9 Å². The zero-order chi connectivity index (χ0) is 11.8. The molecule has 0 atom stereocenters. The van der Waals surface area contributed by atoms with Crippen molar-refractivity contribution < 1.29 is 9.90 Å². The Labute approximate surface area is 99.8 Å². The van der Waals surface area contributed by atoms with Gasteiger partial charge in [-0.15, -0.1) is 0 Å². The quantitative estimate of drug-likeness (QED) is 0.835. The van der Waals surface area contributed by atoms with E-state index >= 15 is 0 Å². The van der Waals surface area contributed by atoms with E-state index in [1.165, 1.54) is 6.42 Å². The van der Waals surface area contributed by atoms with Gasteiger partial charge in [-0.05, 0) is 19.3 Å². The smallest absolute Gasteiger partial charge is 0.309 e. The Morgan fingerprint density at radius 1 is 1.47 bits per heavy atom. The molecule has 2 heterocycles. The molecule has 1 aromatic heterocycles. The summed E-state index contributed by atoms with van der Waals surface area (Å²) in [7, 11) is 0. The van der Waals surface area contributed by atoms with Crippen LogP contribution in [0.2, 0.25) is 0 Å². The number of carboxylic acids is 1. The number of hydrogen-bond donors (Lipinski definition) is 2. The average molecular weight is 235 g/mol. The van der Waals surface area contributed by atoms with Crippen LogP contribution in [0, 0.1) is 0 Å². The topological polar surface area (TPSA) is 67.1 Å². The maximum atomic E-state index is 11.0. The highest BCUT2D eigenvalue weighted by Gasteiger charge is 2.29. The first-order valence-electron chi connectivity index (χ1n) is 6.30. The fourth-order valence-electron chi connectivity index (χ4n) is 2.66. The van der Waals surface area contributed by atoms with Crippen molar-refractivity contribution in [1.29, 1.82) is 0 Å². The summed E-state index contributed by atoms with van der Waals surface area (Å²) >= 11 is 0. The lowest BCUT2D eigenvalue weighted by Crippen LogP contribution is -2.20. The van der Waals surface area contributed by atoms with Gasteiger partial charge in [-0.3, -0.25) is 4.79 Å². The molecule has 1 fully saturated rings. The number of carboxylic acid groups (broad SMARTS) is 1. The Morgan fingerprint density at radius 3 is 2.94 bits per heavy atom. The monoisotopic (exact) mass is 235 g/mol. The number of aromatic nitrogens is 2. The van der Waals surface area contributed by atoms with Gasteiger partial charge in [-0.2, -0.15) is 0 Å². The highest BCUT2D eigenvalue weighted by atomic mass is 16.4. The number of hydrogen-bond acceptors (Lipinski definition) is 3. The maximum absolute atomic E-state index is 11.0. The van der Waals surface area contributed by atoms with Gasteiger partial charge in [0.2, 0.25) is 5.95 Å². The zero-order valence-electron chi connectivity index (χ0n) is 9.78. The third-order valence-electron chi connectivity index (χ3n) is 3.76. The van der Waals surface area contributed by atoms with Crippen LogP contribution in [0.25, 0.3) is 0 Å². The van der Waals surface area contributed by atoms with Crippen molar-refractivity contribution in [2.45, 2.75) is 44.6 Å². The Morgan fingerprint density at radius 2 is 2.29 bits per heavy atom. The van der Waals surface area contributed by atoms with E-state index in [-0.39, 0.29) is 6.42 Å². The third-order valence-corrected chi connectivity index (χ3v) is 3.76. The van der Waals surface area contributed by atoms with Crippen LogP contribution in [0.3, 0.4) is 0 Å². The van der Waals surface area contributed by atoms with Gasteiger partial charge in [0.15, 0.2) is 0 Å². The van der Waals surface area contributed by atoms with Crippen LogP contribution in [0.15, 0.2) is 0 Å². The molecule has 92 valence electrons. The molecule has 0 spiro atoms. The molecule has 0 radical (unpaired) electrons. The Bertz CT molecular complexity index is 449. The third kappa shape index (κ3) is 1.79. The summed E-state index contributed by atoms with van der Waals surface area (Å²) in [6, 6.07) is 0. The Kier molecular flexibility index (Phi) is 2.53. The molecule has 3 rings (SSSR count). The van der Waals surface area contributed by atoms with Crippen LogP contribution in [0.5, 0.6) is 0 Å². The molecule has 0 amide bonds. The number of fused-ring (bicyclic) bond motifs is 1. The number of nitrogens with one attached hydrogen (secondary N) is 1. The Hall–Kier alpha value is -1.52. The van der Waals surface area contributed by atoms with Crippen LogP contribution >= 0.6 is 0 Å². The van der Waals surface area contributed by atoms with E-state index in [1.54, 1.807) is 0 Å². The van der Waals surface area contributed by atoms with Gasteiger partial charge in [0.25, 0.3) is 0 Å². The molecular weight excluding hydrogens is 218 g/mol. The number of carbonyl (C=O) groups is 1. The molecule has 5 nitrogen and oxygen atoms in total. The molecule has 0 unspecified atom stereocenters. The number of nitrogens with zero attached hydrogens (tertiary/aromatic N) is 2. The van der Waals surface area contributed by atoms with Crippen molar-refractivity contribution in [2.24, 2.45) is 0 Å². The van der Waals surface area contributed by atoms with Crippen molar-refractivity contribution in [3.05, 3.63) is 11.4 Å². The highest BCUT2D eigenvalue weighted by molar-refractivity contribution is 5.70. The first-order valence-corrected chi connectivity index (χ1v) is 6.30. The lowest BCUT2D eigenvalue weighted by Gasteiger charge is -2.24. The van der Waals surface area contributed by atoms with Gasteiger partial charge >= 0.3 is 5.97 Å². The highest BCUT2D eigenvalue weighted by Crippen LogP contribution is 2.39. The van der Waals surface area contributed by atoms with E-state index in [9.17, 15) is 4.79 Å².